The molecule has 0 amide bonds. The van der Waals surface area contributed by atoms with Gasteiger partial charge in [0.15, 0.2) is 0 Å². The quantitative estimate of drug-likeness (QED) is 0.434. The molecule has 2 heterocycles. The number of morpholine rings is 1. The van der Waals surface area contributed by atoms with Gasteiger partial charge in [-0.1, -0.05) is 12.1 Å². The average molecular weight is 415 g/mol. The molecule has 11 heteroatoms. The van der Waals surface area contributed by atoms with Crippen molar-refractivity contribution in [1.29, 1.82) is 0 Å². The van der Waals surface area contributed by atoms with Gasteiger partial charge in [-0.25, -0.2) is 4.85 Å². The summed E-state index contributed by atoms with van der Waals surface area (Å²) in [5.74, 6) is 0. The van der Waals surface area contributed by atoms with Crippen LogP contribution in [0.25, 0.3) is 15.7 Å². The summed E-state index contributed by atoms with van der Waals surface area (Å²) in [6, 6.07) is 6.88. The van der Waals surface area contributed by atoms with Gasteiger partial charge in [0, 0.05) is 30.4 Å². The minimum Gasteiger partial charge on any atom is -0.369 e. The Morgan fingerprint density at radius 1 is 1.36 bits per heavy atom. The lowest BCUT2D eigenvalue weighted by atomic mass is 10.1. The van der Waals surface area contributed by atoms with Crippen LogP contribution in [0.4, 0.5) is 24.5 Å². The van der Waals surface area contributed by atoms with E-state index >= 15 is 0 Å². The Balaban J connectivity index is 1.84. The van der Waals surface area contributed by atoms with Gasteiger partial charge in [0.1, 0.15) is 6.10 Å². The predicted octanol–water partition coefficient (Wildman–Crippen LogP) is 3.25. The maximum absolute atomic E-state index is 12.5. The molecule has 1 aliphatic heterocycles. The molecule has 1 aliphatic rings. The van der Waals surface area contributed by atoms with Crippen LogP contribution >= 0.6 is 0 Å². The summed E-state index contributed by atoms with van der Waals surface area (Å²) >= 11 is 0. The number of hydrogen-bond acceptors (Lipinski definition) is 6. The Bertz CT molecular complexity index is 1020. The number of pyridine rings is 1. The number of halogens is 3. The van der Waals surface area contributed by atoms with Crippen molar-refractivity contribution >= 4 is 32.4 Å². The summed E-state index contributed by atoms with van der Waals surface area (Å²) in [7, 11) is -5.68. The summed E-state index contributed by atoms with van der Waals surface area (Å²) in [5, 5.41) is 0.715. The van der Waals surface area contributed by atoms with Crippen molar-refractivity contribution in [2.75, 3.05) is 24.6 Å². The van der Waals surface area contributed by atoms with Crippen LogP contribution in [0.1, 0.15) is 6.92 Å². The van der Waals surface area contributed by atoms with Gasteiger partial charge in [-0.3, -0.25) is 9.17 Å². The van der Waals surface area contributed by atoms with Gasteiger partial charge in [0.25, 0.3) is 0 Å². The number of rotatable bonds is 4. The van der Waals surface area contributed by atoms with E-state index in [0.29, 0.717) is 23.1 Å². The Morgan fingerprint density at radius 3 is 2.79 bits per heavy atom. The van der Waals surface area contributed by atoms with Crippen molar-refractivity contribution < 1.29 is 30.5 Å². The summed E-state index contributed by atoms with van der Waals surface area (Å²) in [5.41, 5.74) is -3.85. The van der Waals surface area contributed by atoms with Crippen LogP contribution in [0.3, 0.4) is 0 Å². The molecule has 2 aromatic rings. The van der Waals surface area contributed by atoms with Crippen LogP contribution in [0.5, 0.6) is 0 Å². The van der Waals surface area contributed by atoms with Gasteiger partial charge < -0.3 is 9.64 Å². The number of benzene rings is 1. The second kappa shape index (κ2) is 7.54. The molecule has 0 saturated carbocycles. The first-order chi connectivity index (χ1) is 13.1. The molecule has 0 radical (unpaired) electrons. The van der Waals surface area contributed by atoms with Crippen LogP contribution in [0.2, 0.25) is 0 Å². The fraction of sp³-hybridized carbons (Fsp3) is 0.412. The first-order valence-corrected chi connectivity index (χ1v) is 9.64. The molecule has 2 atom stereocenters. The van der Waals surface area contributed by atoms with Gasteiger partial charge in [-0.05, 0) is 19.1 Å². The smallest absolute Gasteiger partial charge is 0.369 e. The first kappa shape index (κ1) is 20.3. The highest BCUT2D eigenvalue weighted by Crippen LogP contribution is 2.34. The fourth-order valence-corrected chi connectivity index (χ4v) is 3.54. The standard InChI is InChI=1S/C17H16F3N3O4S/c1-11-8-23(9-12(27-11)10-26-28(24,25)17(18,19)20)15-6-5-14(21-2)16-13(15)4-3-7-22-16/h3-7,11-12H,8-10H2,1H3/t11-,12-/m1/s1. The molecule has 0 unspecified atom stereocenters. The third kappa shape index (κ3) is 4.04. The first-order valence-electron chi connectivity index (χ1n) is 8.23. The van der Waals surface area contributed by atoms with Crippen LogP contribution in [0, 0.1) is 6.57 Å². The van der Waals surface area contributed by atoms with E-state index in [4.69, 9.17) is 11.3 Å². The van der Waals surface area contributed by atoms with Crippen molar-refractivity contribution in [3.63, 3.8) is 0 Å². The summed E-state index contributed by atoms with van der Waals surface area (Å²) < 4.78 is 69.3. The minimum absolute atomic E-state index is 0.124. The minimum atomic E-state index is -5.68. The second-order valence-electron chi connectivity index (χ2n) is 6.27. The number of alkyl halides is 3. The highest BCUT2D eigenvalue weighted by Gasteiger charge is 2.47. The highest BCUT2D eigenvalue weighted by atomic mass is 32.2. The molecule has 3 rings (SSSR count). The van der Waals surface area contributed by atoms with Crippen LogP contribution in [-0.2, 0) is 19.0 Å². The van der Waals surface area contributed by atoms with Gasteiger partial charge in [0.05, 0.1) is 24.8 Å². The summed E-state index contributed by atoms with van der Waals surface area (Å²) in [4.78, 5) is 9.55. The number of nitrogens with zero attached hydrogens (tertiary/aromatic N) is 3. The molecule has 7 nitrogen and oxygen atoms in total. The van der Waals surface area contributed by atoms with Crippen molar-refractivity contribution in [1.82, 2.24) is 4.98 Å². The largest absolute Gasteiger partial charge is 0.523 e. The molecule has 0 aliphatic carbocycles. The summed E-state index contributed by atoms with van der Waals surface area (Å²) in [6.07, 6.45) is 0.317. The molecule has 1 saturated heterocycles. The molecular weight excluding hydrogens is 399 g/mol. The van der Waals surface area contributed by atoms with Gasteiger partial charge in [0.2, 0.25) is 5.69 Å². The van der Waals surface area contributed by atoms with Crippen LogP contribution < -0.4 is 4.90 Å². The molecule has 1 aromatic carbocycles. The zero-order chi connectivity index (χ0) is 20.5. The molecule has 0 spiro atoms. The van der Waals surface area contributed by atoms with E-state index in [1.54, 1.807) is 37.4 Å². The van der Waals surface area contributed by atoms with Gasteiger partial charge >= 0.3 is 15.6 Å². The lowest BCUT2D eigenvalue weighted by molar-refractivity contribution is -0.0656. The lowest BCUT2D eigenvalue weighted by Gasteiger charge is -2.38. The average Bonchev–Trinajstić information content (AvgIpc) is 2.64. The molecule has 1 aromatic heterocycles. The number of fused-ring (bicyclic) bond motifs is 1. The molecule has 0 N–H and O–H groups in total. The Labute approximate surface area is 159 Å². The number of aromatic nitrogens is 1. The van der Waals surface area contributed by atoms with Crippen LogP contribution in [0.15, 0.2) is 30.5 Å². The van der Waals surface area contributed by atoms with E-state index in [9.17, 15) is 21.6 Å². The molecule has 150 valence electrons. The predicted molar refractivity (Wildman–Crippen MR) is 95.5 cm³/mol. The lowest BCUT2D eigenvalue weighted by Crippen LogP contribution is -2.49. The Morgan fingerprint density at radius 2 is 2.11 bits per heavy atom. The molecule has 1 fully saturated rings. The van der Waals surface area contributed by atoms with Gasteiger partial charge in [-0.15, -0.1) is 0 Å². The highest BCUT2D eigenvalue weighted by molar-refractivity contribution is 7.87. The van der Waals surface area contributed by atoms with E-state index in [0.717, 1.165) is 5.69 Å². The Kier molecular flexibility index (Phi) is 5.47. The third-order valence-corrected chi connectivity index (χ3v) is 5.22. The molecule has 28 heavy (non-hydrogen) atoms. The van der Waals surface area contributed by atoms with Crippen molar-refractivity contribution in [2.24, 2.45) is 0 Å². The zero-order valence-corrected chi connectivity index (χ0v) is 15.5. The number of anilines is 1. The van der Waals surface area contributed by atoms with E-state index in [1.165, 1.54) is 0 Å². The van der Waals surface area contributed by atoms with Crippen molar-refractivity contribution in [2.45, 2.75) is 24.6 Å². The SMILES string of the molecule is [C-]#[N+]c1ccc(N2C[C@H](COS(=O)(=O)C(F)(F)F)O[C@H](C)C2)c2cccnc12. The molecule has 0 bridgehead atoms. The Hall–Kier alpha value is -2.42. The van der Waals surface area contributed by atoms with Crippen LogP contribution in [-0.4, -0.2) is 50.8 Å². The van der Waals surface area contributed by atoms with Gasteiger partial charge in [-0.2, -0.15) is 21.6 Å². The topological polar surface area (TPSA) is 73.1 Å². The number of ether oxygens (including phenoxy) is 1. The van der Waals surface area contributed by atoms with E-state index in [-0.39, 0.29) is 12.6 Å². The normalized spacial score (nSPS) is 20.9. The van der Waals surface area contributed by atoms with E-state index in [2.05, 4.69) is 14.0 Å². The maximum Gasteiger partial charge on any atom is 0.523 e. The maximum atomic E-state index is 12.5. The van der Waals surface area contributed by atoms with E-state index < -0.39 is 28.3 Å². The third-order valence-electron chi connectivity index (χ3n) is 4.21. The zero-order valence-electron chi connectivity index (χ0n) is 14.7. The molecular formula is C17H16F3N3O4S. The fourth-order valence-electron chi connectivity index (χ4n) is 3.07. The monoisotopic (exact) mass is 415 g/mol. The second-order valence-corrected chi connectivity index (χ2v) is 7.88. The number of hydrogen-bond donors (Lipinski definition) is 0. The van der Waals surface area contributed by atoms with Crippen molar-refractivity contribution in [3.8, 4) is 0 Å². The van der Waals surface area contributed by atoms with Crippen molar-refractivity contribution in [3.05, 3.63) is 41.9 Å². The summed E-state index contributed by atoms with van der Waals surface area (Å²) in [6.45, 7) is 8.79. The van der Waals surface area contributed by atoms with E-state index in [1.807, 2.05) is 4.90 Å².